The molecule has 7 heteroatoms. The molecule has 1 N–H and O–H groups in total. The Labute approximate surface area is 198 Å². The lowest BCUT2D eigenvalue weighted by molar-refractivity contribution is -0.121. The Morgan fingerprint density at radius 3 is 2.47 bits per heavy atom. The van der Waals surface area contributed by atoms with Gasteiger partial charge in [0.2, 0.25) is 5.91 Å². The average molecular weight is 454 g/mol. The number of likely N-dealkylation sites (tertiary alicyclic amines) is 1. The van der Waals surface area contributed by atoms with Crippen LogP contribution in [-0.2, 0) is 4.79 Å². The first-order valence-electron chi connectivity index (χ1n) is 11.5. The summed E-state index contributed by atoms with van der Waals surface area (Å²) in [4.78, 5) is 28.4. The van der Waals surface area contributed by atoms with Crippen LogP contribution >= 0.6 is 0 Å². The van der Waals surface area contributed by atoms with Crippen molar-refractivity contribution in [2.75, 3.05) is 18.4 Å². The fourth-order valence-corrected chi connectivity index (χ4v) is 4.47. The third-order valence-corrected chi connectivity index (χ3v) is 6.31. The van der Waals surface area contributed by atoms with Gasteiger partial charge in [0.25, 0.3) is 5.91 Å². The number of piperidine rings is 1. The number of aryl methyl sites for hydroxylation is 1. The fraction of sp³-hybridized carbons (Fsp3) is 0.222. The number of amides is 2. The number of hydrogen-bond donors (Lipinski definition) is 1. The lowest BCUT2D eigenvalue weighted by Gasteiger charge is -2.32. The zero-order chi connectivity index (χ0) is 23.5. The van der Waals surface area contributed by atoms with Gasteiger partial charge < -0.3 is 14.8 Å². The minimum Gasteiger partial charge on any atom is -0.338 e. The summed E-state index contributed by atoms with van der Waals surface area (Å²) < 4.78 is 3.68. The van der Waals surface area contributed by atoms with Crippen LogP contribution in [0.1, 0.15) is 28.8 Å². The van der Waals surface area contributed by atoms with Crippen molar-refractivity contribution in [3.8, 4) is 11.5 Å². The molecule has 7 nitrogen and oxygen atoms in total. The van der Waals surface area contributed by atoms with E-state index in [4.69, 9.17) is 0 Å². The molecular weight excluding hydrogens is 426 g/mol. The molecule has 172 valence electrons. The van der Waals surface area contributed by atoms with Crippen LogP contribution in [-0.4, -0.2) is 44.2 Å². The van der Waals surface area contributed by atoms with E-state index in [9.17, 15) is 9.59 Å². The molecule has 2 amide bonds. The van der Waals surface area contributed by atoms with E-state index in [1.54, 1.807) is 15.8 Å². The molecule has 1 unspecified atom stereocenters. The number of benzene rings is 2. The highest BCUT2D eigenvalue weighted by Gasteiger charge is 2.31. The predicted molar refractivity (Wildman–Crippen MR) is 131 cm³/mol. The number of anilines is 1. The SMILES string of the molecule is Cc1ccccc1NC(=O)C1CCCN(C(=O)c2cnn(-c3ccccc3)c2-n2cccc2)C1. The molecule has 1 aliphatic heterocycles. The number of para-hydroxylation sites is 2. The Morgan fingerprint density at radius 1 is 0.971 bits per heavy atom. The van der Waals surface area contributed by atoms with Gasteiger partial charge in [-0.2, -0.15) is 5.10 Å². The molecule has 1 aliphatic rings. The van der Waals surface area contributed by atoms with E-state index in [0.29, 0.717) is 24.5 Å². The third-order valence-electron chi connectivity index (χ3n) is 6.31. The molecule has 0 radical (unpaired) electrons. The van der Waals surface area contributed by atoms with E-state index in [1.165, 1.54) is 0 Å². The van der Waals surface area contributed by atoms with Crippen molar-refractivity contribution in [1.29, 1.82) is 0 Å². The van der Waals surface area contributed by atoms with Gasteiger partial charge in [0, 0.05) is 31.2 Å². The van der Waals surface area contributed by atoms with Gasteiger partial charge in [-0.25, -0.2) is 4.68 Å². The molecule has 2 aromatic heterocycles. The molecule has 5 rings (SSSR count). The van der Waals surface area contributed by atoms with Crippen molar-refractivity contribution in [3.05, 3.63) is 96.4 Å². The molecule has 0 aliphatic carbocycles. The number of nitrogens with one attached hydrogen (secondary N) is 1. The number of nitrogens with zero attached hydrogens (tertiary/aromatic N) is 4. The minimum atomic E-state index is -0.253. The molecule has 0 spiro atoms. The molecule has 4 aromatic rings. The van der Waals surface area contributed by atoms with Crippen molar-refractivity contribution in [1.82, 2.24) is 19.2 Å². The van der Waals surface area contributed by atoms with Gasteiger partial charge in [0.15, 0.2) is 5.82 Å². The normalized spacial score (nSPS) is 15.8. The van der Waals surface area contributed by atoms with Gasteiger partial charge in [-0.1, -0.05) is 36.4 Å². The fourth-order valence-electron chi connectivity index (χ4n) is 4.47. The van der Waals surface area contributed by atoms with Gasteiger partial charge in [0.05, 0.1) is 17.8 Å². The predicted octanol–water partition coefficient (Wildman–Crippen LogP) is 4.46. The van der Waals surface area contributed by atoms with Crippen molar-refractivity contribution in [2.24, 2.45) is 5.92 Å². The zero-order valence-corrected chi connectivity index (χ0v) is 19.1. The van der Waals surface area contributed by atoms with E-state index in [-0.39, 0.29) is 17.7 Å². The molecule has 34 heavy (non-hydrogen) atoms. The smallest absolute Gasteiger partial charge is 0.259 e. The maximum Gasteiger partial charge on any atom is 0.259 e. The Balaban J connectivity index is 1.40. The molecule has 1 fully saturated rings. The van der Waals surface area contributed by atoms with Crippen LogP contribution < -0.4 is 5.32 Å². The van der Waals surface area contributed by atoms with Gasteiger partial charge >= 0.3 is 0 Å². The highest BCUT2D eigenvalue weighted by atomic mass is 16.2. The maximum absolute atomic E-state index is 13.7. The van der Waals surface area contributed by atoms with E-state index in [0.717, 1.165) is 29.8 Å². The second-order valence-corrected chi connectivity index (χ2v) is 8.61. The number of carbonyl (C=O) groups excluding carboxylic acids is 2. The van der Waals surface area contributed by atoms with E-state index in [1.807, 2.05) is 90.6 Å². The lowest BCUT2D eigenvalue weighted by atomic mass is 9.96. The van der Waals surface area contributed by atoms with Crippen molar-refractivity contribution >= 4 is 17.5 Å². The summed E-state index contributed by atoms with van der Waals surface area (Å²) >= 11 is 0. The van der Waals surface area contributed by atoms with Crippen LogP contribution in [0.4, 0.5) is 5.69 Å². The van der Waals surface area contributed by atoms with E-state index >= 15 is 0 Å². The van der Waals surface area contributed by atoms with Crippen molar-refractivity contribution < 1.29 is 9.59 Å². The van der Waals surface area contributed by atoms with Gasteiger partial charge in [-0.3, -0.25) is 9.59 Å². The number of rotatable bonds is 5. The standard InChI is InChI=1S/C27H27N5O2/c1-20-10-5-6-14-24(20)29-25(33)21-11-9-17-31(19-21)27(34)23-18-28-32(22-12-3-2-4-13-22)26(23)30-15-7-8-16-30/h2-8,10,12-16,18,21H,9,11,17,19H2,1H3,(H,29,33). The number of aromatic nitrogens is 3. The summed E-state index contributed by atoms with van der Waals surface area (Å²) in [6.07, 6.45) is 6.98. The Kier molecular flexibility index (Phi) is 5.99. The van der Waals surface area contributed by atoms with E-state index in [2.05, 4.69) is 10.4 Å². The van der Waals surface area contributed by atoms with Crippen molar-refractivity contribution in [3.63, 3.8) is 0 Å². The molecule has 1 atom stereocenters. The van der Waals surface area contributed by atoms with Crippen LogP contribution in [0.15, 0.2) is 85.3 Å². The number of hydrogen-bond acceptors (Lipinski definition) is 3. The third kappa shape index (κ3) is 4.24. The van der Waals surface area contributed by atoms with Gasteiger partial charge in [-0.05, 0) is 55.7 Å². The van der Waals surface area contributed by atoms with Crippen LogP contribution in [0.25, 0.3) is 11.5 Å². The summed E-state index contributed by atoms with van der Waals surface area (Å²) in [6, 6.07) is 21.3. The molecule has 0 saturated carbocycles. The second-order valence-electron chi connectivity index (χ2n) is 8.61. The van der Waals surface area contributed by atoms with Gasteiger partial charge in [-0.15, -0.1) is 0 Å². The second kappa shape index (κ2) is 9.39. The average Bonchev–Trinajstić information content (AvgIpc) is 3.55. The maximum atomic E-state index is 13.7. The van der Waals surface area contributed by atoms with Crippen LogP contribution in [0.3, 0.4) is 0 Å². The number of carbonyl (C=O) groups is 2. The highest BCUT2D eigenvalue weighted by Crippen LogP contribution is 2.25. The lowest BCUT2D eigenvalue weighted by Crippen LogP contribution is -2.44. The monoisotopic (exact) mass is 453 g/mol. The summed E-state index contributed by atoms with van der Waals surface area (Å²) in [5.41, 5.74) is 3.22. The Hall–Kier alpha value is -4.13. The first kappa shape index (κ1) is 21.7. The molecule has 0 bridgehead atoms. The highest BCUT2D eigenvalue weighted by molar-refractivity contribution is 5.98. The summed E-state index contributed by atoms with van der Waals surface area (Å²) in [5.74, 6) is 0.279. The molecule has 2 aromatic carbocycles. The quantitative estimate of drug-likeness (QED) is 0.485. The minimum absolute atomic E-state index is 0.0441. The van der Waals surface area contributed by atoms with E-state index < -0.39 is 0 Å². The van der Waals surface area contributed by atoms with Gasteiger partial charge in [0.1, 0.15) is 5.56 Å². The zero-order valence-electron chi connectivity index (χ0n) is 19.1. The molecule has 1 saturated heterocycles. The Morgan fingerprint density at radius 2 is 1.71 bits per heavy atom. The summed E-state index contributed by atoms with van der Waals surface area (Å²) in [6.45, 7) is 2.98. The van der Waals surface area contributed by atoms with Crippen LogP contribution in [0.5, 0.6) is 0 Å². The first-order chi connectivity index (χ1) is 16.6. The topological polar surface area (TPSA) is 72.2 Å². The summed E-state index contributed by atoms with van der Waals surface area (Å²) in [7, 11) is 0. The largest absolute Gasteiger partial charge is 0.338 e. The van der Waals surface area contributed by atoms with Crippen LogP contribution in [0, 0.1) is 12.8 Å². The molecular formula is C27H27N5O2. The summed E-state index contributed by atoms with van der Waals surface area (Å²) in [5, 5.41) is 7.59. The molecule has 3 heterocycles. The first-order valence-corrected chi connectivity index (χ1v) is 11.5. The Bertz CT molecular complexity index is 1290. The van der Waals surface area contributed by atoms with Crippen molar-refractivity contribution in [2.45, 2.75) is 19.8 Å². The van der Waals surface area contributed by atoms with Crippen LogP contribution in [0.2, 0.25) is 0 Å².